The zero-order valence-corrected chi connectivity index (χ0v) is 11.3. The lowest BCUT2D eigenvalue weighted by Gasteiger charge is -2.13. The van der Waals surface area contributed by atoms with Gasteiger partial charge in [-0.1, -0.05) is 24.2 Å². The van der Waals surface area contributed by atoms with Crippen LogP contribution in [-0.2, 0) is 10.0 Å². The predicted octanol–water partition coefficient (Wildman–Crippen LogP) is 1.92. The van der Waals surface area contributed by atoms with Crippen LogP contribution in [0, 0.1) is 13.8 Å². The first-order valence-electron chi connectivity index (χ1n) is 4.94. The van der Waals surface area contributed by atoms with Crippen LogP contribution in [0.4, 0.5) is 5.69 Å². The Labute approximate surface area is 107 Å². The third kappa shape index (κ3) is 3.21. The highest BCUT2D eigenvalue weighted by atomic mass is 35.5. The van der Waals surface area contributed by atoms with Crippen molar-refractivity contribution in [2.45, 2.75) is 18.7 Å². The highest BCUT2D eigenvalue weighted by Gasteiger charge is 2.20. The van der Waals surface area contributed by atoms with Gasteiger partial charge in [-0.2, -0.15) is 0 Å². The second-order valence-corrected chi connectivity index (χ2v) is 6.01. The van der Waals surface area contributed by atoms with Gasteiger partial charge in [0.2, 0.25) is 10.0 Å². The number of nitrogens with two attached hydrogens (primary N) is 1. The first-order chi connectivity index (χ1) is 7.75. The van der Waals surface area contributed by atoms with Gasteiger partial charge in [0.05, 0.1) is 5.69 Å². The molecule has 0 bridgehead atoms. The van der Waals surface area contributed by atoms with Crippen LogP contribution in [0.2, 0.25) is 0 Å². The summed E-state index contributed by atoms with van der Waals surface area (Å²) >= 11 is 5.53. The Bertz CT molecular complexity index is 553. The van der Waals surface area contributed by atoms with Gasteiger partial charge >= 0.3 is 0 Å². The topological polar surface area (TPSA) is 72.2 Å². The Hall–Kier alpha value is -1.04. The minimum Gasteiger partial charge on any atom is -0.398 e. The maximum atomic E-state index is 12.0. The third-order valence-electron chi connectivity index (χ3n) is 2.43. The maximum Gasteiger partial charge on any atom is 0.243 e. The monoisotopic (exact) mass is 274 g/mol. The van der Waals surface area contributed by atoms with Crippen LogP contribution < -0.4 is 10.5 Å². The molecule has 4 nitrogen and oxygen atoms in total. The fourth-order valence-corrected chi connectivity index (χ4v) is 3.01. The van der Waals surface area contributed by atoms with E-state index in [2.05, 4.69) is 11.3 Å². The molecule has 0 aliphatic carbocycles. The molecule has 17 heavy (non-hydrogen) atoms. The minimum absolute atomic E-state index is 0.0172. The van der Waals surface area contributed by atoms with Crippen LogP contribution in [-0.4, -0.2) is 15.0 Å². The summed E-state index contributed by atoms with van der Waals surface area (Å²) in [6, 6.07) is 3.36. The number of anilines is 1. The largest absolute Gasteiger partial charge is 0.398 e. The average molecular weight is 275 g/mol. The molecule has 0 atom stereocenters. The molecular formula is C11H15ClN2O2S. The molecule has 0 radical (unpaired) electrons. The van der Waals surface area contributed by atoms with Crippen molar-refractivity contribution in [3.63, 3.8) is 0 Å². The number of aryl methyl sites for hydroxylation is 1. The molecular weight excluding hydrogens is 260 g/mol. The zero-order chi connectivity index (χ0) is 13.2. The van der Waals surface area contributed by atoms with E-state index in [0.717, 1.165) is 5.56 Å². The molecule has 0 unspecified atom stereocenters. The van der Waals surface area contributed by atoms with Crippen molar-refractivity contribution in [1.29, 1.82) is 0 Å². The van der Waals surface area contributed by atoms with Crippen LogP contribution in [0.15, 0.2) is 28.6 Å². The molecule has 0 spiro atoms. The lowest BCUT2D eigenvalue weighted by atomic mass is 10.1. The van der Waals surface area contributed by atoms with Crippen molar-refractivity contribution in [3.8, 4) is 0 Å². The van der Waals surface area contributed by atoms with Crippen molar-refractivity contribution in [2.75, 3.05) is 12.3 Å². The SMILES string of the molecule is C=C(Cl)CNS(=O)(=O)c1c(N)ccc(C)c1C. The summed E-state index contributed by atoms with van der Waals surface area (Å²) in [5.41, 5.74) is 7.43. The molecule has 0 aromatic heterocycles. The number of rotatable bonds is 4. The lowest BCUT2D eigenvalue weighted by Crippen LogP contribution is -2.26. The van der Waals surface area contributed by atoms with E-state index in [1.807, 2.05) is 6.92 Å². The number of halogens is 1. The Morgan fingerprint density at radius 2 is 2.06 bits per heavy atom. The number of benzene rings is 1. The van der Waals surface area contributed by atoms with Gasteiger partial charge < -0.3 is 5.73 Å². The summed E-state index contributed by atoms with van der Waals surface area (Å²) in [5, 5.41) is 0.220. The van der Waals surface area contributed by atoms with E-state index in [1.54, 1.807) is 19.1 Å². The first-order valence-corrected chi connectivity index (χ1v) is 6.80. The smallest absolute Gasteiger partial charge is 0.243 e. The van der Waals surface area contributed by atoms with Crippen LogP contribution in [0.5, 0.6) is 0 Å². The quantitative estimate of drug-likeness (QED) is 0.824. The van der Waals surface area contributed by atoms with Crippen molar-refractivity contribution in [2.24, 2.45) is 0 Å². The molecule has 1 aromatic rings. The van der Waals surface area contributed by atoms with E-state index in [-0.39, 0.29) is 22.2 Å². The van der Waals surface area contributed by atoms with Gasteiger partial charge in [0.15, 0.2) is 0 Å². The molecule has 1 rings (SSSR count). The Morgan fingerprint density at radius 1 is 1.47 bits per heavy atom. The van der Waals surface area contributed by atoms with Crippen LogP contribution in [0.3, 0.4) is 0 Å². The van der Waals surface area contributed by atoms with Gasteiger partial charge in [-0.05, 0) is 31.0 Å². The summed E-state index contributed by atoms with van der Waals surface area (Å²) in [4.78, 5) is 0.107. The molecule has 0 amide bonds. The second kappa shape index (κ2) is 5.08. The van der Waals surface area contributed by atoms with Gasteiger partial charge in [0.1, 0.15) is 4.90 Å². The fourth-order valence-electron chi connectivity index (χ4n) is 1.41. The van der Waals surface area contributed by atoms with E-state index in [4.69, 9.17) is 17.3 Å². The van der Waals surface area contributed by atoms with Gasteiger partial charge in [-0.25, -0.2) is 13.1 Å². The van der Waals surface area contributed by atoms with E-state index >= 15 is 0 Å². The van der Waals surface area contributed by atoms with Gasteiger partial charge in [-0.15, -0.1) is 0 Å². The minimum atomic E-state index is -3.66. The van der Waals surface area contributed by atoms with Gasteiger partial charge in [-0.3, -0.25) is 0 Å². The van der Waals surface area contributed by atoms with E-state index in [9.17, 15) is 8.42 Å². The summed E-state index contributed by atoms with van der Waals surface area (Å²) in [6.45, 7) is 6.95. The molecule has 0 saturated heterocycles. The van der Waals surface area contributed by atoms with Crippen molar-refractivity contribution in [3.05, 3.63) is 34.9 Å². The molecule has 3 N–H and O–H groups in total. The van der Waals surface area contributed by atoms with Gasteiger partial charge in [0.25, 0.3) is 0 Å². The van der Waals surface area contributed by atoms with E-state index in [1.165, 1.54) is 0 Å². The van der Waals surface area contributed by atoms with Crippen LogP contribution in [0.25, 0.3) is 0 Å². The number of hydrogen-bond acceptors (Lipinski definition) is 3. The molecule has 0 saturated carbocycles. The van der Waals surface area contributed by atoms with Crippen LogP contribution in [0.1, 0.15) is 11.1 Å². The predicted molar refractivity (Wildman–Crippen MR) is 70.5 cm³/mol. The van der Waals surface area contributed by atoms with Crippen molar-refractivity contribution < 1.29 is 8.42 Å². The number of hydrogen-bond donors (Lipinski definition) is 2. The molecule has 0 aliphatic rings. The molecule has 6 heteroatoms. The van der Waals surface area contributed by atoms with Gasteiger partial charge in [0, 0.05) is 11.6 Å². The van der Waals surface area contributed by atoms with Crippen LogP contribution >= 0.6 is 11.6 Å². The lowest BCUT2D eigenvalue weighted by molar-refractivity contribution is 0.585. The van der Waals surface area contributed by atoms with Crippen molar-refractivity contribution in [1.82, 2.24) is 4.72 Å². The maximum absolute atomic E-state index is 12.0. The third-order valence-corrected chi connectivity index (χ3v) is 4.17. The standard InChI is InChI=1S/C11H15ClN2O2S/c1-7-4-5-10(13)11(9(7)3)17(15,16)14-6-8(2)12/h4-5,14H,2,6,13H2,1,3H3. The molecule has 0 aliphatic heterocycles. The second-order valence-electron chi connectivity index (χ2n) is 3.77. The highest BCUT2D eigenvalue weighted by molar-refractivity contribution is 7.89. The average Bonchev–Trinajstić information content (AvgIpc) is 2.21. The zero-order valence-electron chi connectivity index (χ0n) is 9.75. The normalized spacial score (nSPS) is 11.5. The molecule has 0 heterocycles. The summed E-state index contributed by atoms with van der Waals surface area (Å²) in [5.74, 6) is 0. The molecule has 94 valence electrons. The molecule has 1 aromatic carbocycles. The van der Waals surface area contributed by atoms with E-state index in [0.29, 0.717) is 5.56 Å². The van der Waals surface area contributed by atoms with E-state index < -0.39 is 10.0 Å². The Morgan fingerprint density at radius 3 is 2.59 bits per heavy atom. The summed E-state index contributed by atoms with van der Waals surface area (Å²) < 4.78 is 26.4. The fraction of sp³-hybridized carbons (Fsp3) is 0.273. The number of sulfonamides is 1. The summed E-state index contributed by atoms with van der Waals surface area (Å²) in [6.07, 6.45) is 0. The summed E-state index contributed by atoms with van der Waals surface area (Å²) in [7, 11) is -3.66. The Kier molecular flexibility index (Phi) is 4.19. The highest BCUT2D eigenvalue weighted by Crippen LogP contribution is 2.25. The number of nitrogen functional groups attached to an aromatic ring is 1. The van der Waals surface area contributed by atoms with Crippen molar-refractivity contribution >= 4 is 27.3 Å². The first kappa shape index (κ1) is 14.0. The number of nitrogens with one attached hydrogen (secondary N) is 1. The molecule has 0 fully saturated rings. The Balaban J connectivity index is 3.24.